The number of ether oxygens (including phenoxy) is 1. The summed E-state index contributed by atoms with van der Waals surface area (Å²) in [6, 6.07) is 14.0. The minimum atomic E-state index is -0.563. The summed E-state index contributed by atoms with van der Waals surface area (Å²) in [6.07, 6.45) is 3.90. The van der Waals surface area contributed by atoms with Crippen LogP contribution in [0.2, 0.25) is 5.02 Å². The lowest BCUT2D eigenvalue weighted by molar-refractivity contribution is 0.0428. The van der Waals surface area contributed by atoms with Crippen molar-refractivity contribution in [1.29, 1.82) is 0 Å². The van der Waals surface area contributed by atoms with Crippen molar-refractivity contribution in [2.24, 2.45) is 5.41 Å². The van der Waals surface area contributed by atoms with Gasteiger partial charge in [-0.3, -0.25) is 0 Å². The molecule has 1 spiro atoms. The number of carbonyl (C=O) groups is 1. The standard InChI is InChI=1S/C29H34ClN5O3S/c1-28(2,3)38-27(37)34-25-19-7-5-4-6-18(19)16-29(25)11-14-35(15-12-29)21-8-9-23(33-20(21)17-36)39-22-10-13-32-26(31)24(22)30/h4-10,13,25,36H,11-12,14-17H2,1-3H3,(H2,31,32)(H,34,37)/t25-/m1/s1. The number of aromatic nitrogens is 2. The maximum Gasteiger partial charge on any atom is 0.408 e. The Balaban J connectivity index is 1.33. The molecule has 0 unspecified atom stereocenters. The first-order valence-corrected chi connectivity index (χ1v) is 14.3. The summed E-state index contributed by atoms with van der Waals surface area (Å²) in [6.45, 7) is 7.03. The number of anilines is 2. The number of aliphatic hydroxyl groups is 1. The van der Waals surface area contributed by atoms with Gasteiger partial charge in [0.25, 0.3) is 0 Å². The molecular formula is C29H34ClN5O3S. The predicted octanol–water partition coefficient (Wildman–Crippen LogP) is 5.76. The number of hydrogen-bond donors (Lipinski definition) is 3. The number of pyridine rings is 2. The van der Waals surface area contributed by atoms with Crippen molar-refractivity contribution in [2.75, 3.05) is 23.7 Å². The number of rotatable bonds is 5. The molecule has 10 heteroatoms. The number of nitrogens with one attached hydrogen (secondary N) is 1. The number of aliphatic hydroxyl groups excluding tert-OH is 1. The van der Waals surface area contributed by atoms with Crippen LogP contribution in [0.25, 0.3) is 0 Å². The second-order valence-electron chi connectivity index (χ2n) is 11.2. The fourth-order valence-corrected chi connectivity index (χ4v) is 6.74. The van der Waals surface area contributed by atoms with E-state index in [-0.39, 0.29) is 30.0 Å². The molecule has 8 nitrogen and oxygen atoms in total. The molecule has 5 rings (SSSR count). The van der Waals surface area contributed by atoms with Gasteiger partial charge < -0.3 is 25.8 Å². The van der Waals surface area contributed by atoms with Gasteiger partial charge in [0.05, 0.1) is 29.1 Å². The highest BCUT2D eigenvalue weighted by Crippen LogP contribution is 2.52. The number of piperidine rings is 1. The molecule has 1 amide bonds. The number of hydrogen-bond acceptors (Lipinski definition) is 8. The fourth-order valence-electron chi connectivity index (χ4n) is 5.67. The molecule has 206 valence electrons. The van der Waals surface area contributed by atoms with Crippen LogP contribution in [0.3, 0.4) is 0 Å². The smallest absolute Gasteiger partial charge is 0.408 e. The number of carbonyl (C=O) groups excluding carboxylic acids is 1. The zero-order valence-electron chi connectivity index (χ0n) is 22.4. The first kappa shape index (κ1) is 27.6. The quantitative estimate of drug-likeness (QED) is 0.356. The zero-order chi connectivity index (χ0) is 27.8. The summed E-state index contributed by atoms with van der Waals surface area (Å²) in [5.74, 6) is 0.274. The molecule has 1 saturated heterocycles. The first-order chi connectivity index (χ1) is 18.6. The summed E-state index contributed by atoms with van der Waals surface area (Å²) >= 11 is 7.70. The van der Waals surface area contributed by atoms with Crippen LogP contribution >= 0.6 is 23.4 Å². The number of halogens is 1. The van der Waals surface area contributed by atoms with Crippen LogP contribution in [0.4, 0.5) is 16.3 Å². The number of nitrogen functional groups attached to an aromatic ring is 1. The third-order valence-electron chi connectivity index (χ3n) is 7.45. The molecule has 3 heterocycles. The van der Waals surface area contributed by atoms with Gasteiger partial charge in [0.15, 0.2) is 0 Å². The summed E-state index contributed by atoms with van der Waals surface area (Å²) in [5, 5.41) is 14.5. The summed E-state index contributed by atoms with van der Waals surface area (Å²) < 4.78 is 5.62. The van der Waals surface area contributed by atoms with E-state index in [4.69, 9.17) is 27.1 Å². The molecule has 1 aromatic carbocycles. The second-order valence-corrected chi connectivity index (χ2v) is 12.6. The van der Waals surface area contributed by atoms with E-state index in [1.54, 1.807) is 12.3 Å². The van der Waals surface area contributed by atoms with Crippen LogP contribution in [0.1, 0.15) is 56.5 Å². The van der Waals surface area contributed by atoms with E-state index >= 15 is 0 Å². The highest BCUT2D eigenvalue weighted by atomic mass is 35.5. The molecule has 3 aromatic rings. The average molecular weight is 568 g/mol. The lowest BCUT2D eigenvalue weighted by Gasteiger charge is -2.44. The van der Waals surface area contributed by atoms with Gasteiger partial charge in [-0.25, -0.2) is 14.8 Å². The van der Waals surface area contributed by atoms with E-state index in [1.165, 1.54) is 22.9 Å². The molecule has 2 aromatic heterocycles. The van der Waals surface area contributed by atoms with E-state index in [0.29, 0.717) is 10.7 Å². The molecule has 1 aliphatic heterocycles. The topological polar surface area (TPSA) is 114 Å². The number of alkyl carbamates (subject to hydrolysis) is 1. The van der Waals surface area contributed by atoms with Gasteiger partial charge in [-0.2, -0.15) is 0 Å². The SMILES string of the molecule is CC(C)(C)OC(=O)N[C@@H]1c2ccccc2CC12CCN(c1ccc(Sc3ccnc(N)c3Cl)nc1CO)CC2. The number of fused-ring (bicyclic) bond motifs is 1. The summed E-state index contributed by atoms with van der Waals surface area (Å²) in [5.41, 5.74) is 9.17. The number of nitrogens with two attached hydrogens (primary N) is 1. The van der Waals surface area contributed by atoms with Crippen LogP contribution in [0, 0.1) is 5.41 Å². The largest absolute Gasteiger partial charge is 0.444 e. The Morgan fingerprint density at radius 2 is 1.97 bits per heavy atom. The first-order valence-electron chi connectivity index (χ1n) is 13.1. The highest BCUT2D eigenvalue weighted by molar-refractivity contribution is 7.99. The Morgan fingerprint density at radius 1 is 1.23 bits per heavy atom. The minimum Gasteiger partial charge on any atom is -0.444 e. The van der Waals surface area contributed by atoms with Crippen LogP contribution in [-0.4, -0.2) is 39.9 Å². The summed E-state index contributed by atoms with van der Waals surface area (Å²) in [7, 11) is 0. The highest BCUT2D eigenvalue weighted by Gasteiger charge is 2.48. The number of nitrogens with zero attached hydrogens (tertiary/aromatic N) is 3. The van der Waals surface area contributed by atoms with Crippen molar-refractivity contribution < 1.29 is 14.6 Å². The molecule has 4 N–H and O–H groups in total. The van der Waals surface area contributed by atoms with Crippen molar-refractivity contribution in [3.05, 3.63) is 70.5 Å². The Bertz CT molecular complexity index is 1370. The van der Waals surface area contributed by atoms with Crippen LogP contribution in [0.5, 0.6) is 0 Å². The zero-order valence-corrected chi connectivity index (χ0v) is 24.0. The van der Waals surface area contributed by atoms with Crippen molar-refractivity contribution in [2.45, 2.75) is 68.2 Å². The molecule has 0 bridgehead atoms. The monoisotopic (exact) mass is 567 g/mol. The lowest BCUT2D eigenvalue weighted by atomic mass is 9.72. The molecule has 0 saturated carbocycles. The Kier molecular flexibility index (Phi) is 7.68. The van der Waals surface area contributed by atoms with Gasteiger partial charge in [0.2, 0.25) is 0 Å². The average Bonchev–Trinajstić information content (AvgIpc) is 3.18. The molecule has 39 heavy (non-hydrogen) atoms. The number of amides is 1. The van der Waals surface area contributed by atoms with E-state index < -0.39 is 5.60 Å². The van der Waals surface area contributed by atoms with Crippen LogP contribution in [-0.2, 0) is 17.8 Å². The molecule has 2 aliphatic rings. The van der Waals surface area contributed by atoms with E-state index in [2.05, 4.69) is 33.4 Å². The van der Waals surface area contributed by atoms with E-state index in [9.17, 15) is 9.90 Å². The summed E-state index contributed by atoms with van der Waals surface area (Å²) in [4.78, 5) is 24.6. The Hall–Kier alpha value is -3.01. The van der Waals surface area contributed by atoms with Crippen molar-refractivity contribution in [3.8, 4) is 0 Å². The molecule has 1 atom stereocenters. The van der Waals surface area contributed by atoms with Crippen molar-refractivity contribution in [1.82, 2.24) is 15.3 Å². The normalized spacial score (nSPS) is 18.2. The number of benzene rings is 1. The predicted molar refractivity (Wildman–Crippen MR) is 154 cm³/mol. The van der Waals surface area contributed by atoms with Crippen molar-refractivity contribution >= 4 is 41.0 Å². The molecular weight excluding hydrogens is 534 g/mol. The fraction of sp³-hybridized carbons (Fsp3) is 0.414. The second kappa shape index (κ2) is 10.9. The van der Waals surface area contributed by atoms with Gasteiger partial charge in [-0.1, -0.05) is 47.6 Å². The maximum absolute atomic E-state index is 12.8. The minimum absolute atomic E-state index is 0.0995. The van der Waals surface area contributed by atoms with Gasteiger partial charge in [-0.05, 0) is 69.4 Å². The van der Waals surface area contributed by atoms with E-state index in [0.717, 1.165) is 48.0 Å². The van der Waals surface area contributed by atoms with Crippen LogP contribution < -0.4 is 16.0 Å². The molecule has 1 aliphatic carbocycles. The van der Waals surface area contributed by atoms with Gasteiger partial charge in [0, 0.05) is 29.6 Å². The van der Waals surface area contributed by atoms with Gasteiger partial charge >= 0.3 is 6.09 Å². The van der Waals surface area contributed by atoms with Crippen LogP contribution in [0.15, 0.2) is 58.6 Å². The molecule has 0 radical (unpaired) electrons. The van der Waals surface area contributed by atoms with Crippen molar-refractivity contribution in [3.63, 3.8) is 0 Å². The third kappa shape index (κ3) is 5.81. The lowest BCUT2D eigenvalue weighted by Crippen LogP contribution is -2.48. The molecule has 1 fully saturated rings. The Morgan fingerprint density at radius 3 is 2.69 bits per heavy atom. The maximum atomic E-state index is 12.8. The van der Waals surface area contributed by atoms with E-state index in [1.807, 2.05) is 39.0 Å². The third-order valence-corrected chi connectivity index (χ3v) is 8.96. The Labute approximate surface area is 238 Å². The van der Waals surface area contributed by atoms with Gasteiger partial charge in [0.1, 0.15) is 16.4 Å². The van der Waals surface area contributed by atoms with Gasteiger partial charge in [-0.15, -0.1) is 0 Å².